The number of carbonyl (C=O) groups is 1. The molecule has 0 fully saturated rings. The van der Waals surface area contributed by atoms with Crippen molar-refractivity contribution in [1.82, 2.24) is 25.2 Å². The minimum absolute atomic E-state index is 0.0896. The lowest BCUT2D eigenvalue weighted by Crippen LogP contribution is -2.26. The number of nitrogens with zero attached hydrogens (tertiary/aromatic N) is 4. The van der Waals surface area contributed by atoms with Crippen molar-refractivity contribution >= 4 is 17.5 Å². The molecule has 2 aromatic heterocycles. The van der Waals surface area contributed by atoms with Gasteiger partial charge in [0.15, 0.2) is 5.82 Å². The molecule has 2 heterocycles. The van der Waals surface area contributed by atoms with Crippen molar-refractivity contribution in [2.75, 3.05) is 13.7 Å². The molecule has 25 heavy (non-hydrogen) atoms. The summed E-state index contributed by atoms with van der Waals surface area (Å²) in [5.74, 6) is 0.616. The summed E-state index contributed by atoms with van der Waals surface area (Å²) >= 11 is 5.79. The highest BCUT2D eigenvalue weighted by atomic mass is 35.5. The van der Waals surface area contributed by atoms with E-state index in [1.807, 2.05) is 24.3 Å². The van der Waals surface area contributed by atoms with Crippen LogP contribution in [-0.2, 0) is 13.0 Å². The van der Waals surface area contributed by atoms with Crippen molar-refractivity contribution in [1.29, 1.82) is 0 Å². The topological polar surface area (TPSA) is 95.1 Å². The molecule has 3 rings (SSSR count). The molecule has 0 atom stereocenters. The number of nitrogens with one attached hydrogen (secondary N) is 1. The second kappa shape index (κ2) is 7.80. The zero-order valence-electron chi connectivity index (χ0n) is 13.5. The van der Waals surface area contributed by atoms with Crippen LogP contribution in [-0.4, -0.2) is 39.5 Å². The van der Waals surface area contributed by atoms with Gasteiger partial charge in [-0.3, -0.25) is 9.48 Å². The summed E-state index contributed by atoms with van der Waals surface area (Å²) < 4.78 is 11.8. The molecule has 3 aromatic rings. The Morgan fingerprint density at radius 3 is 3.00 bits per heavy atom. The lowest BCUT2D eigenvalue weighted by Gasteiger charge is -2.08. The van der Waals surface area contributed by atoms with E-state index in [1.54, 1.807) is 18.0 Å². The predicted molar refractivity (Wildman–Crippen MR) is 89.7 cm³/mol. The Hall–Kier alpha value is -2.87. The Bertz CT molecular complexity index is 861. The first-order valence-corrected chi connectivity index (χ1v) is 7.94. The van der Waals surface area contributed by atoms with Gasteiger partial charge >= 0.3 is 11.8 Å². The monoisotopic (exact) mass is 361 g/mol. The van der Waals surface area contributed by atoms with Gasteiger partial charge < -0.3 is 14.6 Å². The highest BCUT2D eigenvalue weighted by Gasteiger charge is 2.15. The summed E-state index contributed by atoms with van der Waals surface area (Å²) in [5, 5.41) is 11.0. The number of methoxy groups -OCH3 is 1. The average Bonchev–Trinajstić information content (AvgIpc) is 3.24. The van der Waals surface area contributed by atoms with Gasteiger partial charge in [0.1, 0.15) is 12.3 Å². The van der Waals surface area contributed by atoms with Crippen molar-refractivity contribution in [2.24, 2.45) is 0 Å². The van der Waals surface area contributed by atoms with Gasteiger partial charge in [0, 0.05) is 12.7 Å². The number of para-hydroxylation sites is 1. The highest BCUT2D eigenvalue weighted by Crippen LogP contribution is 2.17. The van der Waals surface area contributed by atoms with Crippen LogP contribution in [0.25, 0.3) is 0 Å². The van der Waals surface area contributed by atoms with Gasteiger partial charge in [0.05, 0.1) is 18.3 Å². The molecule has 8 nitrogen and oxygen atoms in total. The summed E-state index contributed by atoms with van der Waals surface area (Å²) in [6.07, 6.45) is 3.76. The second-order valence-corrected chi connectivity index (χ2v) is 5.63. The highest BCUT2D eigenvalue weighted by molar-refractivity contribution is 6.30. The molecule has 0 aliphatic heterocycles. The molecule has 1 amide bonds. The van der Waals surface area contributed by atoms with E-state index < -0.39 is 5.91 Å². The maximum Gasteiger partial charge on any atom is 0.316 e. The van der Waals surface area contributed by atoms with Crippen molar-refractivity contribution in [3.8, 4) is 5.75 Å². The number of ether oxygens (including phenoxy) is 1. The van der Waals surface area contributed by atoms with Crippen LogP contribution < -0.4 is 10.1 Å². The Kier molecular flexibility index (Phi) is 5.30. The number of hydrogen-bond acceptors (Lipinski definition) is 6. The van der Waals surface area contributed by atoms with Crippen molar-refractivity contribution in [3.63, 3.8) is 0 Å². The first-order valence-electron chi connectivity index (χ1n) is 7.56. The van der Waals surface area contributed by atoms with E-state index in [-0.39, 0.29) is 12.4 Å². The Balaban J connectivity index is 1.53. The third-order valence-electron chi connectivity index (χ3n) is 3.44. The molecule has 0 spiro atoms. The number of rotatable bonds is 7. The molecule has 0 unspecified atom stereocenters. The SMILES string of the molecule is COc1ccccc1CCNC(=O)c1nc(Cn2cc(Cl)cn2)no1. The summed E-state index contributed by atoms with van der Waals surface area (Å²) in [4.78, 5) is 16.1. The largest absolute Gasteiger partial charge is 0.496 e. The minimum atomic E-state index is -0.424. The number of carbonyl (C=O) groups excluding carboxylic acids is 1. The van der Waals surface area contributed by atoms with Crippen molar-refractivity contribution in [2.45, 2.75) is 13.0 Å². The number of amides is 1. The van der Waals surface area contributed by atoms with E-state index in [0.717, 1.165) is 11.3 Å². The quantitative estimate of drug-likeness (QED) is 0.691. The lowest BCUT2D eigenvalue weighted by atomic mass is 10.1. The smallest absolute Gasteiger partial charge is 0.316 e. The molecule has 1 aromatic carbocycles. The molecule has 0 saturated heterocycles. The summed E-state index contributed by atoms with van der Waals surface area (Å²) in [5.41, 5.74) is 1.01. The maximum atomic E-state index is 12.1. The van der Waals surface area contributed by atoms with E-state index >= 15 is 0 Å². The van der Waals surface area contributed by atoms with E-state index in [9.17, 15) is 4.79 Å². The zero-order valence-corrected chi connectivity index (χ0v) is 14.2. The fourth-order valence-corrected chi connectivity index (χ4v) is 2.43. The van der Waals surface area contributed by atoms with E-state index in [0.29, 0.717) is 23.8 Å². The van der Waals surface area contributed by atoms with Gasteiger partial charge in [-0.1, -0.05) is 35.0 Å². The Morgan fingerprint density at radius 2 is 2.24 bits per heavy atom. The number of hydrogen-bond donors (Lipinski definition) is 1. The van der Waals surface area contributed by atoms with Gasteiger partial charge in [0.25, 0.3) is 0 Å². The van der Waals surface area contributed by atoms with Crippen molar-refractivity contribution < 1.29 is 14.1 Å². The minimum Gasteiger partial charge on any atom is -0.496 e. The zero-order chi connectivity index (χ0) is 17.6. The average molecular weight is 362 g/mol. The molecule has 0 radical (unpaired) electrons. The third-order valence-corrected chi connectivity index (χ3v) is 3.64. The molecule has 9 heteroatoms. The van der Waals surface area contributed by atoms with Gasteiger partial charge in [0.2, 0.25) is 0 Å². The van der Waals surface area contributed by atoms with Crippen LogP contribution in [0.4, 0.5) is 0 Å². The van der Waals surface area contributed by atoms with Crippen LogP contribution in [0.15, 0.2) is 41.2 Å². The van der Waals surface area contributed by atoms with E-state index in [2.05, 4.69) is 20.6 Å². The molecular formula is C16H16ClN5O3. The maximum absolute atomic E-state index is 12.1. The Labute approximate surface area is 148 Å². The molecular weight excluding hydrogens is 346 g/mol. The first-order chi connectivity index (χ1) is 12.2. The predicted octanol–water partition coefficient (Wildman–Crippen LogP) is 1.95. The second-order valence-electron chi connectivity index (χ2n) is 5.19. The fraction of sp³-hybridized carbons (Fsp3) is 0.250. The van der Waals surface area contributed by atoms with Gasteiger partial charge in [-0.25, -0.2) is 0 Å². The normalized spacial score (nSPS) is 10.6. The lowest BCUT2D eigenvalue weighted by molar-refractivity contribution is 0.0910. The summed E-state index contributed by atoms with van der Waals surface area (Å²) in [6.45, 7) is 0.691. The van der Waals surface area contributed by atoms with Crippen LogP contribution in [0.2, 0.25) is 5.02 Å². The van der Waals surface area contributed by atoms with Crippen LogP contribution in [0.3, 0.4) is 0 Å². The first kappa shape index (κ1) is 17.0. The van der Waals surface area contributed by atoms with Crippen LogP contribution in [0, 0.1) is 0 Å². The summed E-state index contributed by atoms with van der Waals surface area (Å²) in [6, 6.07) is 7.65. The molecule has 1 N–H and O–H groups in total. The summed E-state index contributed by atoms with van der Waals surface area (Å²) in [7, 11) is 1.62. The van der Waals surface area contributed by atoms with Gasteiger partial charge in [-0.15, -0.1) is 0 Å². The van der Waals surface area contributed by atoms with E-state index in [1.165, 1.54) is 6.20 Å². The molecule has 0 aliphatic carbocycles. The number of aromatic nitrogens is 4. The standard InChI is InChI=1S/C16H16ClN5O3/c1-24-13-5-3-2-4-11(13)6-7-18-15(23)16-20-14(21-25-16)10-22-9-12(17)8-19-22/h2-5,8-9H,6-7,10H2,1H3,(H,18,23). The van der Waals surface area contributed by atoms with Gasteiger partial charge in [-0.2, -0.15) is 10.1 Å². The molecule has 0 saturated carbocycles. The van der Waals surface area contributed by atoms with Crippen LogP contribution >= 0.6 is 11.6 Å². The molecule has 130 valence electrons. The molecule has 0 aliphatic rings. The van der Waals surface area contributed by atoms with Crippen molar-refractivity contribution in [3.05, 3.63) is 59.0 Å². The van der Waals surface area contributed by atoms with Crippen LogP contribution in [0.1, 0.15) is 22.1 Å². The number of halogens is 1. The third kappa shape index (κ3) is 4.36. The van der Waals surface area contributed by atoms with Crippen LogP contribution in [0.5, 0.6) is 5.75 Å². The Morgan fingerprint density at radius 1 is 1.40 bits per heavy atom. The molecule has 0 bridgehead atoms. The van der Waals surface area contributed by atoms with E-state index in [4.69, 9.17) is 20.9 Å². The fourth-order valence-electron chi connectivity index (χ4n) is 2.28. The number of benzene rings is 1. The van der Waals surface area contributed by atoms with Gasteiger partial charge in [-0.05, 0) is 18.1 Å².